The van der Waals surface area contributed by atoms with Gasteiger partial charge >= 0.3 is 0 Å². The topological polar surface area (TPSA) is 33.1 Å². The number of hydrogen-bond acceptors (Lipinski definition) is 3. The Balaban J connectivity index is 2.51. The van der Waals surface area contributed by atoms with Gasteiger partial charge in [-0.1, -0.05) is 6.07 Å². The third-order valence-electron chi connectivity index (χ3n) is 2.56. The van der Waals surface area contributed by atoms with E-state index in [2.05, 4.69) is 4.98 Å². The van der Waals surface area contributed by atoms with Gasteiger partial charge in [0, 0.05) is 22.8 Å². The molecule has 1 atom stereocenters. The standard InChI is InChI=1S/C12H13NOS/c1-9-5-6-13-8-10(9)12(2,14)11-4-3-7-15-11/h3-8,14H,1-2H3. The number of pyridine rings is 1. The van der Waals surface area contributed by atoms with Crippen LogP contribution in [0.2, 0.25) is 0 Å². The molecule has 0 aromatic carbocycles. The maximum Gasteiger partial charge on any atom is 0.123 e. The molecule has 78 valence electrons. The molecule has 0 aliphatic carbocycles. The molecular formula is C12H13NOS. The lowest BCUT2D eigenvalue weighted by atomic mass is 9.92. The Morgan fingerprint density at radius 1 is 1.40 bits per heavy atom. The molecule has 2 nitrogen and oxygen atoms in total. The molecule has 0 spiro atoms. The highest BCUT2D eigenvalue weighted by molar-refractivity contribution is 7.10. The van der Waals surface area contributed by atoms with Crippen molar-refractivity contribution in [2.75, 3.05) is 0 Å². The van der Waals surface area contributed by atoms with E-state index in [1.807, 2.05) is 37.4 Å². The molecule has 1 N–H and O–H groups in total. The minimum atomic E-state index is -0.938. The van der Waals surface area contributed by atoms with Crippen LogP contribution in [0.25, 0.3) is 0 Å². The van der Waals surface area contributed by atoms with E-state index in [9.17, 15) is 5.11 Å². The first-order chi connectivity index (χ1) is 7.12. The summed E-state index contributed by atoms with van der Waals surface area (Å²) in [7, 11) is 0. The Hall–Kier alpha value is -1.19. The van der Waals surface area contributed by atoms with Crippen LogP contribution >= 0.6 is 11.3 Å². The Morgan fingerprint density at radius 2 is 2.20 bits per heavy atom. The van der Waals surface area contributed by atoms with Crippen LogP contribution in [0, 0.1) is 6.92 Å². The zero-order valence-corrected chi connectivity index (χ0v) is 9.58. The lowest BCUT2D eigenvalue weighted by Gasteiger charge is -2.23. The Kier molecular flexibility index (Phi) is 2.59. The number of hydrogen-bond donors (Lipinski definition) is 1. The minimum Gasteiger partial charge on any atom is -0.380 e. The molecule has 2 heterocycles. The summed E-state index contributed by atoms with van der Waals surface area (Å²) in [4.78, 5) is 5.01. The molecule has 1 unspecified atom stereocenters. The SMILES string of the molecule is Cc1ccncc1C(C)(O)c1cccs1. The number of aliphatic hydroxyl groups is 1. The molecular weight excluding hydrogens is 206 g/mol. The van der Waals surface area contributed by atoms with Crippen LogP contribution in [0.3, 0.4) is 0 Å². The lowest BCUT2D eigenvalue weighted by molar-refractivity contribution is 0.105. The summed E-state index contributed by atoms with van der Waals surface area (Å²) in [6, 6.07) is 5.80. The highest BCUT2D eigenvalue weighted by Gasteiger charge is 2.28. The Labute approximate surface area is 93.2 Å². The predicted octanol–water partition coefficient (Wildman–Crippen LogP) is 2.71. The number of aromatic nitrogens is 1. The fourth-order valence-electron chi connectivity index (χ4n) is 1.66. The molecule has 0 aliphatic rings. The van der Waals surface area contributed by atoms with E-state index in [0.29, 0.717) is 0 Å². The summed E-state index contributed by atoms with van der Waals surface area (Å²) in [5, 5.41) is 12.5. The van der Waals surface area contributed by atoms with Crippen molar-refractivity contribution in [3.63, 3.8) is 0 Å². The second kappa shape index (κ2) is 3.76. The van der Waals surface area contributed by atoms with Gasteiger partial charge in [-0.15, -0.1) is 11.3 Å². The molecule has 0 saturated carbocycles. The third kappa shape index (κ3) is 1.80. The van der Waals surface area contributed by atoms with Gasteiger partial charge in [-0.3, -0.25) is 4.98 Å². The van der Waals surface area contributed by atoms with Crippen LogP contribution in [-0.2, 0) is 5.60 Å². The summed E-state index contributed by atoms with van der Waals surface area (Å²) in [6.07, 6.45) is 3.47. The highest BCUT2D eigenvalue weighted by Crippen LogP contribution is 2.33. The van der Waals surface area contributed by atoms with Gasteiger partial charge in [-0.25, -0.2) is 0 Å². The molecule has 2 aromatic rings. The maximum atomic E-state index is 10.5. The number of rotatable bonds is 2. The van der Waals surface area contributed by atoms with E-state index in [4.69, 9.17) is 0 Å². The van der Waals surface area contributed by atoms with E-state index < -0.39 is 5.60 Å². The average molecular weight is 219 g/mol. The highest BCUT2D eigenvalue weighted by atomic mass is 32.1. The van der Waals surface area contributed by atoms with Crippen LogP contribution in [0.5, 0.6) is 0 Å². The van der Waals surface area contributed by atoms with Gasteiger partial charge in [0.1, 0.15) is 5.60 Å². The predicted molar refractivity (Wildman–Crippen MR) is 62.0 cm³/mol. The summed E-state index contributed by atoms with van der Waals surface area (Å²) >= 11 is 1.56. The zero-order valence-electron chi connectivity index (χ0n) is 8.77. The number of aryl methyl sites for hydroxylation is 1. The molecule has 3 heteroatoms. The van der Waals surface area contributed by atoms with Gasteiger partial charge in [-0.2, -0.15) is 0 Å². The first-order valence-corrected chi connectivity index (χ1v) is 5.68. The van der Waals surface area contributed by atoms with Crippen molar-refractivity contribution in [1.29, 1.82) is 0 Å². The second-order valence-corrected chi connectivity index (χ2v) is 4.69. The van der Waals surface area contributed by atoms with E-state index >= 15 is 0 Å². The second-order valence-electron chi connectivity index (χ2n) is 3.74. The van der Waals surface area contributed by atoms with Crippen LogP contribution in [0.15, 0.2) is 36.0 Å². The molecule has 2 aromatic heterocycles. The van der Waals surface area contributed by atoms with E-state index in [1.165, 1.54) is 0 Å². The first-order valence-electron chi connectivity index (χ1n) is 4.80. The van der Waals surface area contributed by atoms with Gasteiger partial charge in [0.25, 0.3) is 0 Å². The normalized spacial score (nSPS) is 14.9. The zero-order chi connectivity index (χ0) is 10.9. The summed E-state index contributed by atoms with van der Waals surface area (Å²) in [5.74, 6) is 0. The van der Waals surface area contributed by atoms with E-state index in [-0.39, 0.29) is 0 Å². The van der Waals surface area contributed by atoms with E-state index in [0.717, 1.165) is 16.0 Å². The molecule has 0 fully saturated rings. The number of thiophene rings is 1. The lowest BCUT2D eigenvalue weighted by Crippen LogP contribution is -2.22. The smallest absolute Gasteiger partial charge is 0.123 e. The van der Waals surface area contributed by atoms with Crippen molar-refractivity contribution < 1.29 is 5.11 Å². The van der Waals surface area contributed by atoms with Crippen LogP contribution in [-0.4, -0.2) is 10.1 Å². The molecule has 15 heavy (non-hydrogen) atoms. The molecule has 0 bridgehead atoms. The van der Waals surface area contributed by atoms with E-state index in [1.54, 1.807) is 23.7 Å². The van der Waals surface area contributed by atoms with Crippen LogP contribution in [0.4, 0.5) is 0 Å². The third-order valence-corrected chi connectivity index (χ3v) is 3.65. The van der Waals surface area contributed by atoms with Gasteiger partial charge in [0.05, 0.1) is 0 Å². The van der Waals surface area contributed by atoms with Crippen molar-refractivity contribution in [2.45, 2.75) is 19.4 Å². The maximum absolute atomic E-state index is 10.5. The monoisotopic (exact) mass is 219 g/mol. The summed E-state index contributed by atoms with van der Waals surface area (Å²) in [6.45, 7) is 3.79. The van der Waals surface area contributed by atoms with Gasteiger partial charge < -0.3 is 5.11 Å². The fourth-order valence-corrected chi connectivity index (χ4v) is 2.46. The molecule has 0 aliphatic heterocycles. The van der Waals surface area contributed by atoms with Crippen LogP contribution < -0.4 is 0 Å². The van der Waals surface area contributed by atoms with Crippen molar-refractivity contribution in [1.82, 2.24) is 4.98 Å². The van der Waals surface area contributed by atoms with Gasteiger partial charge in [0.15, 0.2) is 0 Å². The van der Waals surface area contributed by atoms with Crippen LogP contribution in [0.1, 0.15) is 22.9 Å². The molecule has 0 radical (unpaired) electrons. The summed E-state index contributed by atoms with van der Waals surface area (Å²) in [5.41, 5.74) is 0.989. The van der Waals surface area contributed by atoms with Crippen molar-refractivity contribution in [3.8, 4) is 0 Å². The van der Waals surface area contributed by atoms with Crippen molar-refractivity contribution >= 4 is 11.3 Å². The fraction of sp³-hybridized carbons (Fsp3) is 0.250. The first kappa shape index (κ1) is 10.3. The van der Waals surface area contributed by atoms with Crippen molar-refractivity contribution in [2.24, 2.45) is 0 Å². The summed E-state index contributed by atoms with van der Waals surface area (Å²) < 4.78 is 0. The Morgan fingerprint density at radius 3 is 2.80 bits per heavy atom. The Bertz CT molecular complexity index is 448. The van der Waals surface area contributed by atoms with Gasteiger partial charge in [-0.05, 0) is 36.9 Å². The quantitative estimate of drug-likeness (QED) is 0.842. The minimum absolute atomic E-state index is 0.868. The van der Waals surface area contributed by atoms with Crippen molar-refractivity contribution in [3.05, 3.63) is 52.0 Å². The molecule has 2 rings (SSSR count). The molecule has 0 amide bonds. The number of nitrogens with zero attached hydrogens (tertiary/aromatic N) is 1. The largest absolute Gasteiger partial charge is 0.380 e. The average Bonchev–Trinajstić information content (AvgIpc) is 2.71. The molecule has 0 saturated heterocycles. The van der Waals surface area contributed by atoms with Gasteiger partial charge in [0.2, 0.25) is 0 Å².